The molecule has 17 heavy (non-hydrogen) atoms. The molecule has 0 aromatic heterocycles. The Kier molecular flexibility index (Phi) is 8.13. The van der Waals surface area contributed by atoms with Crippen LogP contribution in [0.2, 0.25) is 0 Å². The largest absolute Gasteiger partial charge is 0.465 e. The summed E-state index contributed by atoms with van der Waals surface area (Å²) in [6, 6.07) is -0.314. The smallest absolute Gasteiger partial charge is 0.325 e. The van der Waals surface area contributed by atoms with Crippen molar-refractivity contribution in [3.63, 3.8) is 0 Å². The summed E-state index contributed by atoms with van der Waals surface area (Å²) in [4.78, 5) is 23.9. The highest BCUT2D eigenvalue weighted by atomic mass is 16.5. The van der Waals surface area contributed by atoms with Crippen molar-refractivity contribution in [2.75, 3.05) is 33.4 Å². The van der Waals surface area contributed by atoms with E-state index in [1.54, 1.807) is 14.0 Å². The topological polar surface area (TPSA) is 67.9 Å². The van der Waals surface area contributed by atoms with Crippen LogP contribution in [0, 0.1) is 0 Å². The summed E-state index contributed by atoms with van der Waals surface area (Å²) in [6.45, 7) is 6.74. The van der Waals surface area contributed by atoms with Gasteiger partial charge in [0.25, 0.3) is 0 Å². The maximum absolute atomic E-state index is 11.5. The first-order valence-corrected chi connectivity index (χ1v) is 5.73. The van der Waals surface area contributed by atoms with Crippen molar-refractivity contribution in [1.82, 2.24) is 10.2 Å². The molecule has 1 N–H and O–H groups in total. The maximum Gasteiger partial charge on any atom is 0.325 e. The molecular formula is C11H22N2O4. The van der Waals surface area contributed by atoms with Crippen molar-refractivity contribution in [2.24, 2.45) is 0 Å². The number of nitrogens with one attached hydrogen (secondary N) is 1. The minimum absolute atomic E-state index is 0.109. The quantitative estimate of drug-likeness (QED) is 0.668. The van der Waals surface area contributed by atoms with Gasteiger partial charge in [-0.05, 0) is 20.8 Å². The zero-order valence-corrected chi connectivity index (χ0v) is 11.0. The van der Waals surface area contributed by atoms with E-state index in [0.29, 0.717) is 19.8 Å². The van der Waals surface area contributed by atoms with E-state index in [1.807, 2.05) is 13.8 Å². The van der Waals surface area contributed by atoms with Crippen molar-refractivity contribution in [3.8, 4) is 0 Å². The minimum Gasteiger partial charge on any atom is -0.465 e. The Morgan fingerprint density at radius 1 is 1.35 bits per heavy atom. The molecule has 2 amide bonds. The number of hydrogen-bond acceptors (Lipinski definition) is 4. The van der Waals surface area contributed by atoms with E-state index in [0.717, 1.165) is 0 Å². The van der Waals surface area contributed by atoms with Crippen LogP contribution in [0.4, 0.5) is 4.79 Å². The Labute approximate surface area is 102 Å². The number of amides is 2. The molecule has 6 heteroatoms. The number of nitrogens with zero attached hydrogens (tertiary/aromatic N) is 1. The van der Waals surface area contributed by atoms with Gasteiger partial charge in [0.15, 0.2) is 0 Å². The summed E-state index contributed by atoms with van der Waals surface area (Å²) in [5.41, 5.74) is 0. The van der Waals surface area contributed by atoms with Crippen LogP contribution in [0.1, 0.15) is 20.8 Å². The molecule has 0 saturated carbocycles. The molecule has 0 aliphatic carbocycles. The van der Waals surface area contributed by atoms with Crippen molar-refractivity contribution >= 4 is 12.0 Å². The third-order valence-corrected chi connectivity index (χ3v) is 1.91. The van der Waals surface area contributed by atoms with E-state index >= 15 is 0 Å². The SMILES string of the molecule is CCOC(=O)CNC(=O)N(C)CCOC(C)C. The molecule has 100 valence electrons. The van der Waals surface area contributed by atoms with E-state index in [-0.39, 0.29) is 18.7 Å². The third-order valence-electron chi connectivity index (χ3n) is 1.91. The van der Waals surface area contributed by atoms with E-state index < -0.39 is 5.97 Å². The summed E-state index contributed by atoms with van der Waals surface area (Å²) < 4.78 is 10.0. The zero-order valence-electron chi connectivity index (χ0n) is 11.0. The van der Waals surface area contributed by atoms with E-state index in [1.165, 1.54) is 4.90 Å². The number of hydrogen-bond donors (Lipinski definition) is 1. The fraction of sp³-hybridized carbons (Fsp3) is 0.818. The van der Waals surface area contributed by atoms with Crippen LogP contribution in [-0.4, -0.2) is 56.4 Å². The molecule has 6 nitrogen and oxygen atoms in total. The highest BCUT2D eigenvalue weighted by molar-refractivity contribution is 5.80. The second kappa shape index (κ2) is 8.81. The lowest BCUT2D eigenvalue weighted by atomic mass is 10.5. The van der Waals surface area contributed by atoms with Gasteiger partial charge in [0.1, 0.15) is 6.54 Å². The van der Waals surface area contributed by atoms with Gasteiger partial charge in [0, 0.05) is 13.6 Å². The average Bonchev–Trinajstić information content (AvgIpc) is 2.25. The van der Waals surface area contributed by atoms with Gasteiger partial charge in [-0.3, -0.25) is 4.79 Å². The van der Waals surface area contributed by atoms with E-state index in [9.17, 15) is 9.59 Å². The number of carbonyl (C=O) groups is 2. The minimum atomic E-state index is -0.437. The molecule has 0 aliphatic heterocycles. The van der Waals surface area contributed by atoms with Gasteiger partial charge in [0.05, 0.1) is 19.3 Å². The van der Waals surface area contributed by atoms with Crippen molar-refractivity contribution < 1.29 is 19.1 Å². The van der Waals surface area contributed by atoms with E-state index in [2.05, 4.69) is 10.1 Å². The standard InChI is InChI=1S/C11H22N2O4/c1-5-16-10(14)8-12-11(15)13(4)6-7-17-9(2)3/h9H,5-8H2,1-4H3,(H,12,15). The molecule has 0 heterocycles. The Morgan fingerprint density at radius 2 is 2.00 bits per heavy atom. The van der Waals surface area contributed by atoms with Crippen LogP contribution in [0.3, 0.4) is 0 Å². The van der Waals surface area contributed by atoms with Crippen molar-refractivity contribution in [2.45, 2.75) is 26.9 Å². The van der Waals surface area contributed by atoms with Gasteiger partial charge in [-0.25, -0.2) is 4.79 Å². The number of urea groups is 1. The van der Waals surface area contributed by atoms with Crippen LogP contribution in [0.15, 0.2) is 0 Å². The monoisotopic (exact) mass is 246 g/mol. The first-order chi connectivity index (χ1) is 7.97. The van der Waals surface area contributed by atoms with Crippen LogP contribution in [0.5, 0.6) is 0 Å². The number of carbonyl (C=O) groups excluding carboxylic acids is 2. The van der Waals surface area contributed by atoms with Crippen molar-refractivity contribution in [1.29, 1.82) is 0 Å². The summed E-state index contributed by atoms with van der Waals surface area (Å²) in [5.74, 6) is -0.437. The normalized spacial score (nSPS) is 10.2. The summed E-state index contributed by atoms with van der Waals surface area (Å²) in [5, 5.41) is 2.46. The summed E-state index contributed by atoms with van der Waals surface area (Å²) >= 11 is 0. The second-order valence-electron chi connectivity index (χ2n) is 3.80. The molecule has 0 aromatic rings. The fourth-order valence-electron chi connectivity index (χ4n) is 1.02. The van der Waals surface area contributed by atoms with Gasteiger partial charge in [-0.2, -0.15) is 0 Å². The van der Waals surface area contributed by atoms with Crippen LogP contribution in [0.25, 0.3) is 0 Å². The molecule has 0 unspecified atom stereocenters. The number of likely N-dealkylation sites (N-methyl/N-ethyl adjacent to an activating group) is 1. The first kappa shape index (κ1) is 15.7. The molecule has 0 fully saturated rings. The Bertz CT molecular complexity index is 244. The molecule has 0 spiro atoms. The fourth-order valence-corrected chi connectivity index (χ4v) is 1.02. The number of esters is 1. The Balaban J connectivity index is 3.70. The molecule has 0 aromatic carbocycles. The molecule has 0 atom stereocenters. The first-order valence-electron chi connectivity index (χ1n) is 5.73. The lowest BCUT2D eigenvalue weighted by Crippen LogP contribution is -2.41. The molecule has 0 bridgehead atoms. The maximum atomic E-state index is 11.5. The van der Waals surface area contributed by atoms with Gasteiger partial charge >= 0.3 is 12.0 Å². The molecule has 0 saturated heterocycles. The summed E-state index contributed by atoms with van der Waals surface area (Å²) in [6.07, 6.45) is 0.144. The summed E-state index contributed by atoms with van der Waals surface area (Å²) in [7, 11) is 1.64. The molecular weight excluding hydrogens is 224 g/mol. The van der Waals surface area contributed by atoms with Crippen LogP contribution in [-0.2, 0) is 14.3 Å². The molecule has 0 radical (unpaired) electrons. The number of rotatable bonds is 7. The predicted octanol–water partition coefficient (Wildman–Crippen LogP) is 0.616. The second-order valence-corrected chi connectivity index (χ2v) is 3.80. The van der Waals surface area contributed by atoms with E-state index in [4.69, 9.17) is 4.74 Å². The third kappa shape index (κ3) is 8.50. The molecule has 0 aliphatic rings. The lowest BCUT2D eigenvalue weighted by Gasteiger charge is -2.18. The van der Waals surface area contributed by atoms with Gasteiger partial charge in [-0.1, -0.05) is 0 Å². The zero-order chi connectivity index (χ0) is 13.3. The molecule has 0 rings (SSSR count). The number of ether oxygens (including phenoxy) is 2. The van der Waals surface area contributed by atoms with Crippen LogP contribution >= 0.6 is 0 Å². The van der Waals surface area contributed by atoms with Crippen molar-refractivity contribution in [3.05, 3.63) is 0 Å². The average molecular weight is 246 g/mol. The Morgan fingerprint density at radius 3 is 2.53 bits per heavy atom. The van der Waals surface area contributed by atoms with Gasteiger partial charge in [0.2, 0.25) is 0 Å². The highest BCUT2D eigenvalue weighted by Gasteiger charge is 2.10. The van der Waals surface area contributed by atoms with Gasteiger partial charge in [-0.15, -0.1) is 0 Å². The van der Waals surface area contributed by atoms with Crippen LogP contribution < -0.4 is 5.32 Å². The predicted molar refractivity (Wildman–Crippen MR) is 63.7 cm³/mol. The van der Waals surface area contributed by atoms with Gasteiger partial charge < -0.3 is 19.7 Å². The Hall–Kier alpha value is -1.30. The lowest BCUT2D eigenvalue weighted by molar-refractivity contribution is -0.141. The highest BCUT2D eigenvalue weighted by Crippen LogP contribution is 1.90.